The average molecular weight is 210 g/mol. The van der Waals surface area contributed by atoms with Gasteiger partial charge >= 0.3 is 0 Å². The van der Waals surface area contributed by atoms with Crippen LogP contribution in [0.2, 0.25) is 0 Å². The molecule has 84 valence electrons. The first-order chi connectivity index (χ1) is 6.89. The predicted octanol–water partition coefficient (Wildman–Crippen LogP) is 3.31. The van der Waals surface area contributed by atoms with E-state index in [1.807, 2.05) is 0 Å². The van der Waals surface area contributed by atoms with E-state index < -0.39 is 5.95 Å². The van der Waals surface area contributed by atoms with Crippen LogP contribution in [-0.4, -0.2) is 11.5 Å². The van der Waals surface area contributed by atoms with Crippen LogP contribution < -0.4 is 5.32 Å². The molecule has 0 aliphatic carbocycles. The Hall–Kier alpha value is -1.12. The molecule has 0 aromatic carbocycles. The number of nitrogens with zero attached hydrogens (tertiary/aromatic N) is 1. The highest BCUT2D eigenvalue weighted by atomic mass is 19.1. The number of hydrogen-bond acceptors (Lipinski definition) is 2. The van der Waals surface area contributed by atoms with Gasteiger partial charge in [0.05, 0.1) is 0 Å². The molecule has 0 saturated carbocycles. The van der Waals surface area contributed by atoms with E-state index in [0.717, 1.165) is 12.2 Å². The molecule has 1 aromatic rings. The van der Waals surface area contributed by atoms with Crippen molar-refractivity contribution in [1.82, 2.24) is 4.98 Å². The topological polar surface area (TPSA) is 24.9 Å². The van der Waals surface area contributed by atoms with Gasteiger partial charge in [-0.25, -0.2) is 4.98 Å². The molecular formula is C12H19FN2. The molecule has 0 bridgehead atoms. The van der Waals surface area contributed by atoms with E-state index in [0.29, 0.717) is 5.92 Å². The first kappa shape index (κ1) is 12.0. The van der Waals surface area contributed by atoms with Crippen molar-refractivity contribution in [3.8, 4) is 0 Å². The van der Waals surface area contributed by atoms with Gasteiger partial charge in [0.1, 0.15) is 0 Å². The van der Waals surface area contributed by atoms with Gasteiger partial charge in [0, 0.05) is 24.5 Å². The summed E-state index contributed by atoms with van der Waals surface area (Å²) in [5.41, 5.74) is 1.05. The van der Waals surface area contributed by atoms with Gasteiger partial charge in [-0.05, 0) is 17.4 Å². The monoisotopic (exact) mass is 210 g/mol. The molecule has 0 amide bonds. The summed E-state index contributed by atoms with van der Waals surface area (Å²) >= 11 is 0. The summed E-state index contributed by atoms with van der Waals surface area (Å²) in [6.45, 7) is 9.63. The van der Waals surface area contributed by atoms with E-state index in [9.17, 15) is 4.39 Å². The highest BCUT2D eigenvalue weighted by Crippen LogP contribution is 2.25. The lowest BCUT2D eigenvalue weighted by Gasteiger charge is -2.27. The molecule has 15 heavy (non-hydrogen) atoms. The van der Waals surface area contributed by atoms with Crippen LogP contribution in [0.15, 0.2) is 18.3 Å². The molecule has 1 heterocycles. The summed E-state index contributed by atoms with van der Waals surface area (Å²) in [4.78, 5) is 3.51. The van der Waals surface area contributed by atoms with Gasteiger partial charge in [0.15, 0.2) is 0 Å². The third-order valence-corrected chi connectivity index (χ3v) is 2.82. The molecule has 1 aromatic heterocycles. The highest BCUT2D eigenvalue weighted by Gasteiger charge is 2.19. The van der Waals surface area contributed by atoms with E-state index in [1.165, 1.54) is 12.3 Å². The Morgan fingerprint density at radius 3 is 2.67 bits per heavy atom. The molecule has 0 radical (unpaired) electrons. The Morgan fingerprint density at radius 1 is 1.47 bits per heavy atom. The summed E-state index contributed by atoms with van der Waals surface area (Å²) in [5.74, 6) is 0.0807. The normalized spacial score (nSPS) is 13.7. The Balaban J connectivity index is 2.51. The summed E-state index contributed by atoms with van der Waals surface area (Å²) in [5, 5.41) is 3.21. The number of pyridine rings is 1. The minimum atomic E-state index is -0.441. The standard InChI is InChI=1S/C12H19FN2/c1-9(12(2,3)4)8-15-10-5-6-14-11(13)7-10/h5-7,9H,8H2,1-4H3,(H,14,15). The number of rotatable bonds is 3. The molecule has 1 atom stereocenters. The van der Waals surface area contributed by atoms with Crippen molar-refractivity contribution >= 4 is 5.69 Å². The zero-order valence-corrected chi connectivity index (χ0v) is 9.84. The molecule has 1 rings (SSSR count). The van der Waals surface area contributed by atoms with Crippen LogP contribution in [0.1, 0.15) is 27.7 Å². The Kier molecular flexibility index (Phi) is 3.66. The van der Waals surface area contributed by atoms with Gasteiger partial charge in [-0.1, -0.05) is 27.7 Å². The largest absolute Gasteiger partial charge is 0.385 e. The molecular weight excluding hydrogens is 191 g/mol. The second kappa shape index (κ2) is 4.60. The van der Waals surface area contributed by atoms with Gasteiger partial charge in [0.25, 0.3) is 0 Å². The first-order valence-electron chi connectivity index (χ1n) is 5.25. The molecule has 1 unspecified atom stereocenters. The second-order valence-electron chi connectivity index (χ2n) is 5.02. The minimum Gasteiger partial charge on any atom is -0.385 e. The Morgan fingerprint density at radius 2 is 2.13 bits per heavy atom. The van der Waals surface area contributed by atoms with Gasteiger partial charge in [0.2, 0.25) is 5.95 Å². The van der Waals surface area contributed by atoms with Gasteiger partial charge in [-0.2, -0.15) is 4.39 Å². The maximum atomic E-state index is 12.8. The van der Waals surface area contributed by atoms with Crippen molar-refractivity contribution in [2.45, 2.75) is 27.7 Å². The molecule has 3 heteroatoms. The minimum absolute atomic E-state index is 0.262. The van der Waals surface area contributed by atoms with Crippen LogP contribution in [0.3, 0.4) is 0 Å². The van der Waals surface area contributed by atoms with Crippen LogP contribution in [0, 0.1) is 17.3 Å². The maximum Gasteiger partial charge on any atom is 0.214 e. The SMILES string of the molecule is CC(CNc1ccnc(F)c1)C(C)(C)C. The lowest BCUT2D eigenvalue weighted by atomic mass is 9.82. The van der Waals surface area contributed by atoms with Crippen LogP contribution in [0.25, 0.3) is 0 Å². The van der Waals surface area contributed by atoms with Crippen molar-refractivity contribution in [1.29, 1.82) is 0 Å². The summed E-state index contributed by atoms with van der Waals surface area (Å²) < 4.78 is 12.8. The molecule has 0 aliphatic heterocycles. The van der Waals surface area contributed by atoms with Gasteiger partial charge < -0.3 is 5.32 Å². The van der Waals surface area contributed by atoms with Crippen molar-refractivity contribution in [2.24, 2.45) is 11.3 Å². The molecule has 2 nitrogen and oxygen atoms in total. The fourth-order valence-corrected chi connectivity index (χ4v) is 1.09. The third kappa shape index (κ3) is 3.86. The summed E-state index contributed by atoms with van der Waals surface area (Å²) in [6.07, 6.45) is 1.47. The second-order valence-corrected chi connectivity index (χ2v) is 5.02. The lowest BCUT2D eigenvalue weighted by Crippen LogP contribution is -2.24. The van der Waals surface area contributed by atoms with Crippen LogP contribution in [-0.2, 0) is 0 Å². The van der Waals surface area contributed by atoms with Crippen LogP contribution in [0.4, 0.5) is 10.1 Å². The quantitative estimate of drug-likeness (QED) is 0.774. The molecule has 0 saturated heterocycles. The first-order valence-corrected chi connectivity index (χ1v) is 5.25. The summed E-state index contributed by atoms with van der Waals surface area (Å²) in [6, 6.07) is 3.19. The number of nitrogens with one attached hydrogen (secondary N) is 1. The number of hydrogen-bond donors (Lipinski definition) is 1. The van der Waals surface area contributed by atoms with Crippen molar-refractivity contribution in [3.63, 3.8) is 0 Å². The third-order valence-electron chi connectivity index (χ3n) is 2.82. The molecule has 0 fully saturated rings. The van der Waals surface area contributed by atoms with Gasteiger partial charge in [-0.15, -0.1) is 0 Å². The highest BCUT2D eigenvalue weighted by molar-refractivity contribution is 5.41. The molecule has 0 spiro atoms. The van der Waals surface area contributed by atoms with Crippen molar-refractivity contribution in [3.05, 3.63) is 24.3 Å². The van der Waals surface area contributed by atoms with E-state index in [4.69, 9.17) is 0 Å². The Bertz CT molecular complexity index is 318. The number of halogens is 1. The van der Waals surface area contributed by atoms with Crippen LogP contribution >= 0.6 is 0 Å². The van der Waals surface area contributed by atoms with Crippen molar-refractivity contribution in [2.75, 3.05) is 11.9 Å². The van der Waals surface area contributed by atoms with E-state index in [-0.39, 0.29) is 5.41 Å². The Labute approximate surface area is 90.9 Å². The van der Waals surface area contributed by atoms with E-state index in [2.05, 4.69) is 38.0 Å². The number of anilines is 1. The number of aromatic nitrogens is 1. The summed E-state index contributed by atoms with van der Waals surface area (Å²) in [7, 11) is 0. The maximum absolute atomic E-state index is 12.8. The fourth-order valence-electron chi connectivity index (χ4n) is 1.09. The lowest BCUT2D eigenvalue weighted by molar-refractivity contribution is 0.274. The fraction of sp³-hybridized carbons (Fsp3) is 0.583. The van der Waals surface area contributed by atoms with Gasteiger partial charge in [-0.3, -0.25) is 0 Å². The smallest absolute Gasteiger partial charge is 0.214 e. The zero-order valence-electron chi connectivity index (χ0n) is 9.84. The zero-order chi connectivity index (χ0) is 11.5. The van der Waals surface area contributed by atoms with Crippen LogP contribution in [0.5, 0.6) is 0 Å². The van der Waals surface area contributed by atoms with E-state index >= 15 is 0 Å². The average Bonchev–Trinajstić information content (AvgIpc) is 2.12. The molecule has 0 aliphatic rings. The van der Waals surface area contributed by atoms with E-state index in [1.54, 1.807) is 6.07 Å². The predicted molar refractivity (Wildman–Crippen MR) is 61.3 cm³/mol. The van der Waals surface area contributed by atoms with Crippen molar-refractivity contribution < 1.29 is 4.39 Å². The molecule has 1 N–H and O–H groups in total.